The van der Waals surface area contributed by atoms with Crippen LogP contribution in [0.3, 0.4) is 0 Å². The highest BCUT2D eigenvalue weighted by molar-refractivity contribution is 5.18. The van der Waals surface area contributed by atoms with Crippen molar-refractivity contribution in [3.8, 4) is 12.1 Å². The topological polar surface area (TPSA) is 110 Å². The summed E-state index contributed by atoms with van der Waals surface area (Å²) in [5.41, 5.74) is 4.23. The van der Waals surface area contributed by atoms with Crippen LogP contribution >= 0.6 is 0 Å². The zero-order valence-electron chi connectivity index (χ0n) is 9.71. The Kier molecular flexibility index (Phi) is 8.41. The van der Waals surface area contributed by atoms with Gasteiger partial charge in [0.25, 0.3) is 0 Å². The second kappa shape index (κ2) is 9.08. The average molecular weight is 224 g/mol. The Morgan fingerprint density at radius 1 is 1.00 bits per heavy atom. The van der Waals surface area contributed by atoms with Crippen molar-refractivity contribution in [1.82, 2.24) is 16.0 Å². The summed E-state index contributed by atoms with van der Waals surface area (Å²) in [6, 6.07) is 3.84. The van der Waals surface area contributed by atoms with Crippen LogP contribution in [-0.4, -0.2) is 44.8 Å². The Balaban J connectivity index is 3.35. The van der Waals surface area contributed by atoms with Crippen molar-refractivity contribution in [2.24, 2.45) is 5.73 Å². The third-order valence-corrected chi connectivity index (χ3v) is 2.03. The molecule has 0 saturated heterocycles. The van der Waals surface area contributed by atoms with Crippen LogP contribution in [0, 0.1) is 22.7 Å². The van der Waals surface area contributed by atoms with Crippen LogP contribution in [0.4, 0.5) is 0 Å². The van der Waals surface area contributed by atoms with Gasteiger partial charge in [-0.3, -0.25) is 5.32 Å². The molecule has 16 heavy (non-hydrogen) atoms. The summed E-state index contributed by atoms with van der Waals surface area (Å²) in [6.45, 7) is 6.06. The molecular formula is C10H20N6. The van der Waals surface area contributed by atoms with E-state index in [0.717, 1.165) is 26.2 Å². The number of nitrogens with zero attached hydrogens (tertiary/aromatic N) is 2. The zero-order valence-corrected chi connectivity index (χ0v) is 9.71. The van der Waals surface area contributed by atoms with Gasteiger partial charge in [-0.15, -0.1) is 0 Å². The summed E-state index contributed by atoms with van der Waals surface area (Å²) >= 11 is 0. The first kappa shape index (κ1) is 14.8. The molecule has 0 atom stereocenters. The predicted octanol–water partition coefficient (Wildman–Crippen LogP) is -1.48. The summed E-state index contributed by atoms with van der Waals surface area (Å²) in [7, 11) is 0. The van der Waals surface area contributed by atoms with Gasteiger partial charge in [0.05, 0.1) is 0 Å². The smallest absolute Gasteiger partial charge is 0.191 e. The molecule has 6 nitrogen and oxygen atoms in total. The van der Waals surface area contributed by atoms with Gasteiger partial charge in [0, 0.05) is 39.3 Å². The molecule has 0 aliphatic rings. The fourth-order valence-electron chi connectivity index (χ4n) is 1.03. The van der Waals surface area contributed by atoms with E-state index in [0.29, 0.717) is 13.1 Å². The predicted molar refractivity (Wildman–Crippen MR) is 62.4 cm³/mol. The van der Waals surface area contributed by atoms with Gasteiger partial charge in [-0.25, -0.2) is 0 Å². The molecule has 5 N–H and O–H groups in total. The van der Waals surface area contributed by atoms with Crippen LogP contribution in [0.2, 0.25) is 0 Å². The third kappa shape index (κ3) is 7.16. The number of rotatable bonds is 9. The third-order valence-electron chi connectivity index (χ3n) is 2.03. The maximum atomic E-state index is 8.71. The monoisotopic (exact) mass is 224 g/mol. The molecule has 0 aromatic heterocycles. The van der Waals surface area contributed by atoms with Gasteiger partial charge >= 0.3 is 0 Å². The maximum Gasteiger partial charge on any atom is 0.191 e. The first-order chi connectivity index (χ1) is 7.68. The summed E-state index contributed by atoms with van der Waals surface area (Å²) in [4.78, 5) is 0. The first-order valence-electron chi connectivity index (χ1n) is 5.37. The van der Waals surface area contributed by atoms with Crippen LogP contribution in [0.15, 0.2) is 0 Å². The highest BCUT2D eigenvalue weighted by Crippen LogP contribution is 1.96. The summed E-state index contributed by atoms with van der Waals surface area (Å²) in [6.07, 6.45) is 0. The van der Waals surface area contributed by atoms with Crippen molar-refractivity contribution in [2.75, 3.05) is 39.3 Å². The summed E-state index contributed by atoms with van der Waals surface area (Å²) in [5.74, 6) is 0. The average Bonchev–Trinajstić information content (AvgIpc) is 2.32. The van der Waals surface area contributed by atoms with Crippen molar-refractivity contribution in [3.63, 3.8) is 0 Å². The normalized spacial score (nSPS) is 10.8. The van der Waals surface area contributed by atoms with Crippen molar-refractivity contribution < 1.29 is 0 Å². The highest BCUT2D eigenvalue weighted by atomic mass is 15.0. The Bertz CT molecular complexity index is 237. The van der Waals surface area contributed by atoms with Gasteiger partial charge in [-0.2, -0.15) is 10.5 Å². The van der Waals surface area contributed by atoms with Gasteiger partial charge in [-0.05, 0) is 6.92 Å². The molecule has 90 valence electrons. The van der Waals surface area contributed by atoms with Crippen LogP contribution in [0.1, 0.15) is 6.92 Å². The molecule has 0 heterocycles. The lowest BCUT2D eigenvalue weighted by Crippen LogP contribution is -2.43. The minimum Gasteiger partial charge on any atom is -0.329 e. The number of nitrogens with two attached hydrogens (primary N) is 1. The number of hydrogen-bond acceptors (Lipinski definition) is 6. The Morgan fingerprint density at radius 3 is 2.00 bits per heavy atom. The molecule has 0 aromatic carbocycles. The van der Waals surface area contributed by atoms with Gasteiger partial charge in [0.15, 0.2) is 5.54 Å². The fourth-order valence-corrected chi connectivity index (χ4v) is 1.03. The van der Waals surface area contributed by atoms with E-state index in [1.807, 2.05) is 12.1 Å². The van der Waals surface area contributed by atoms with Crippen LogP contribution in [0.25, 0.3) is 0 Å². The van der Waals surface area contributed by atoms with E-state index in [4.69, 9.17) is 16.3 Å². The Labute approximate surface area is 96.8 Å². The largest absolute Gasteiger partial charge is 0.329 e. The number of nitriles is 2. The minimum absolute atomic E-state index is 0.592. The minimum atomic E-state index is -1.08. The Hall–Kier alpha value is -1.18. The van der Waals surface area contributed by atoms with Crippen LogP contribution in [-0.2, 0) is 0 Å². The molecule has 0 spiro atoms. The molecule has 0 rings (SSSR count). The summed E-state index contributed by atoms with van der Waals surface area (Å²) in [5, 5.41) is 26.6. The van der Waals surface area contributed by atoms with E-state index in [1.54, 1.807) is 6.92 Å². The molecule has 0 fully saturated rings. The van der Waals surface area contributed by atoms with E-state index >= 15 is 0 Å². The van der Waals surface area contributed by atoms with Crippen molar-refractivity contribution in [2.45, 2.75) is 12.5 Å². The molecule has 0 unspecified atom stereocenters. The number of nitrogens with one attached hydrogen (secondary N) is 3. The summed E-state index contributed by atoms with van der Waals surface area (Å²) < 4.78 is 0. The van der Waals surface area contributed by atoms with Crippen molar-refractivity contribution >= 4 is 0 Å². The van der Waals surface area contributed by atoms with Crippen molar-refractivity contribution in [3.05, 3.63) is 0 Å². The molecule has 0 aliphatic carbocycles. The van der Waals surface area contributed by atoms with Crippen molar-refractivity contribution in [1.29, 1.82) is 10.5 Å². The highest BCUT2D eigenvalue weighted by Gasteiger charge is 2.20. The van der Waals surface area contributed by atoms with Crippen LogP contribution < -0.4 is 21.7 Å². The van der Waals surface area contributed by atoms with Gasteiger partial charge in [0.1, 0.15) is 12.1 Å². The van der Waals surface area contributed by atoms with E-state index < -0.39 is 5.54 Å². The van der Waals surface area contributed by atoms with E-state index in [2.05, 4.69) is 16.0 Å². The lowest BCUT2D eigenvalue weighted by Gasteiger charge is -2.14. The quantitative estimate of drug-likeness (QED) is 0.356. The van der Waals surface area contributed by atoms with E-state index in [9.17, 15) is 0 Å². The standard InChI is InChI=1S/C10H20N6/c1-10(8-12,9-13)16-7-6-15-5-4-14-3-2-11/h14-16H,2-7,11H2,1H3. The lowest BCUT2D eigenvalue weighted by molar-refractivity contribution is 0.519. The molecule has 0 aromatic rings. The molecule has 0 bridgehead atoms. The maximum absolute atomic E-state index is 8.71. The van der Waals surface area contributed by atoms with Gasteiger partial charge in [0.2, 0.25) is 0 Å². The zero-order chi connectivity index (χ0) is 12.3. The lowest BCUT2D eigenvalue weighted by atomic mass is 10.1. The number of hydrogen-bond donors (Lipinski definition) is 4. The van der Waals surface area contributed by atoms with Crippen LogP contribution in [0.5, 0.6) is 0 Å². The Morgan fingerprint density at radius 2 is 1.50 bits per heavy atom. The second-order valence-corrected chi connectivity index (χ2v) is 3.56. The molecule has 0 aliphatic heterocycles. The van der Waals surface area contributed by atoms with Gasteiger partial charge < -0.3 is 16.4 Å². The molecular weight excluding hydrogens is 204 g/mol. The molecule has 6 heteroatoms. The first-order valence-corrected chi connectivity index (χ1v) is 5.37. The van der Waals surface area contributed by atoms with E-state index in [-0.39, 0.29) is 0 Å². The fraction of sp³-hybridized carbons (Fsp3) is 0.800. The SMILES string of the molecule is CC(C#N)(C#N)NCCNCCNCCN. The second-order valence-electron chi connectivity index (χ2n) is 3.56. The molecule has 0 amide bonds. The van der Waals surface area contributed by atoms with E-state index in [1.165, 1.54) is 0 Å². The molecule has 0 radical (unpaired) electrons. The molecule has 0 saturated carbocycles. The van der Waals surface area contributed by atoms with Gasteiger partial charge in [-0.1, -0.05) is 0 Å².